The second-order valence-corrected chi connectivity index (χ2v) is 5.43. The summed E-state index contributed by atoms with van der Waals surface area (Å²) in [4.78, 5) is 9.18. The van der Waals surface area contributed by atoms with Crippen molar-refractivity contribution in [3.63, 3.8) is 0 Å². The van der Waals surface area contributed by atoms with Crippen molar-refractivity contribution in [1.29, 1.82) is 0 Å². The summed E-state index contributed by atoms with van der Waals surface area (Å²) in [5.74, 6) is 2.94. The Morgan fingerprint density at radius 2 is 1.95 bits per heavy atom. The van der Waals surface area contributed by atoms with Gasteiger partial charge in [-0.1, -0.05) is 13.8 Å². The molecule has 0 aliphatic heterocycles. The number of nitrogens with zero attached hydrogens (tertiary/aromatic N) is 4. The average Bonchev–Trinajstić information content (AvgIpc) is 2.86. The summed E-state index contributed by atoms with van der Waals surface area (Å²) in [6.45, 7) is 7.05. The van der Waals surface area contributed by atoms with Gasteiger partial charge in [0.1, 0.15) is 17.5 Å². The van der Waals surface area contributed by atoms with Gasteiger partial charge >= 0.3 is 0 Å². The standard InChI is InChI=1S/C15H24N6/c1-10(2)13-19-14(16-4)11(3)15(20-13)17-8-6-12-7-9-18-21(12)5/h7,9-10H,6,8H2,1-5H3,(H2,16,17,19,20). The van der Waals surface area contributed by atoms with Crippen LogP contribution < -0.4 is 10.6 Å². The van der Waals surface area contributed by atoms with E-state index in [0.29, 0.717) is 5.92 Å². The van der Waals surface area contributed by atoms with Crippen LogP contribution in [-0.2, 0) is 13.5 Å². The summed E-state index contributed by atoms with van der Waals surface area (Å²) in [7, 11) is 3.85. The predicted molar refractivity (Wildman–Crippen MR) is 85.8 cm³/mol. The fourth-order valence-electron chi connectivity index (χ4n) is 2.16. The van der Waals surface area contributed by atoms with E-state index < -0.39 is 0 Å². The van der Waals surface area contributed by atoms with Gasteiger partial charge in [-0.25, -0.2) is 9.97 Å². The molecule has 2 aromatic rings. The van der Waals surface area contributed by atoms with Crippen molar-refractivity contribution in [3.05, 3.63) is 29.3 Å². The minimum absolute atomic E-state index is 0.301. The third-order valence-corrected chi connectivity index (χ3v) is 3.51. The van der Waals surface area contributed by atoms with Crippen LogP contribution in [0.15, 0.2) is 12.3 Å². The van der Waals surface area contributed by atoms with E-state index in [1.807, 2.05) is 38.0 Å². The lowest BCUT2D eigenvalue weighted by Gasteiger charge is -2.15. The van der Waals surface area contributed by atoms with Crippen molar-refractivity contribution in [1.82, 2.24) is 19.7 Å². The zero-order valence-electron chi connectivity index (χ0n) is 13.4. The highest BCUT2D eigenvalue weighted by Crippen LogP contribution is 2.22. The van der Waals surface area contributed by atoms with Gasteiger partial charge in [0.2, 0.25) is 0 Å². The van der Waals surface area contributed by atoms with Crippen LogP contribution in [0.25, 0.3) is 0 Å². The molecule has 21 heavy (non-hydrogen) atoms. The number of aromatic nitrogens is 4. The monoisotopic (exact) mass is 288 g/mol. The van der Waals surface area contributed by atoms with E-state index in [1.54, 1.807) is 0 Å². The quantitative estimate of drug-likeness (QED) is 0.854. The first-order valence-electron chi connectivity index (χ1n) is 7.30. The van der Waals surface area contributed by atoms with E-state index in [9.17, 15) is 0 Å². The van der Waals surface area contributed by atoms with E-state index in [0.717, 1.165) is 36.0 Å². The molecule has 6 nitrogen and oxygen atoms in total. The lowest BCUT2D eigenvalue weighted by atomic mass is 10.2. The van der Waals surface area contributed by atoms with Crippen molar-refractivity contribution >= 4 is 11.6 Å². The van der Waals surface area contributed by atoms with Crippen LogP contribution in [0, 0.1) is 6.92 Å². The molecule has 0 unspecified atom stereocenters. The second kappa shape index (κ2) is 6.56. The van der Waals surface area contributed by atoms with Crippen LogP contribution in [0.2, 0.25) is 0 Å². The molecule has 2 rings (SSSR count). The minimum Gasteiger partial charge on any atom is -0.373 e. The maximum Gasteiger partial charge on any atom is 0.135 e. The number of anilines is 2. The molecular formula is C15H24N6. The van der Waals surface area contributed by atoms with Gasteiger partial charge in [-0.2, -0.15) is 5.10 Å². The van der Waals surface area contributed by atoms with Gasteiger partial charge in [0, 0.05) is 50.4 Å². The Morgan fingerprint density at radius 1 is 1.24 bits per heavy atom. The van der Waals surface area contributed by atoms with E-state index in [2.05, 4.69) is 39.5 Å². The molecule has 0 amide bonds. The first kappa shape index (κ1) is 15.3. The second-order valence-electron chi connectivity index (χ2n) is 5.43. The average molecular weight is 288 g/mol. The van der Waals surface area contributed by atoms with Crippen molar-refractivity contribution < 1.29 is 0 Å². The van der Waals surface area contributed by atoms with Gasteiger partial charge in [-0.05, 0) is 13.0 Å². The number of rotatable bonds is 6. The van der Waals surface area contributed by atoms with Crippen LogP contribution in [0.4, 0.5) is 11.6 Å². The topological polar surface area (TPSA) is 67.7 Å². The summed E-state index contributed by atoms with van der Waals surface area (Å²) in [6.07, 6.45) is 2.73. The molecular weight excluding hydrogens is 264 g/mol. The van der Waals surface area contributed by atoms with E-state index in [1.165, 1.54) is 5.69 Å². The predicted octanol–water partition coefficient (Wildman–Crippen LogP) is 2.34. The van der Waals surface area contributed by atoms with Gasteiger partial charge in [0.15, 0.2) is 0 Å². The molecule has 2 aromatic heterocycles. The van der Waals surface area contributed by atoms with E-state index in [4.69, 9.17) is 0 Å². The molecule has 0 aromatic carbocycles. The summed E-state index contributed by atoms with van der Waals surface area (Å²) >= 11 is 0. The molecule has 0 bridgehead atoms. The number of nitrogens with one attached hydrogen (secondary N) is 2. The largest absolute Gasteiger partial charge is 0.373 e. The molecule has 114 valence electrons. The third kappa shape index (κ3) is 3.51. The van der Waals surface area contributed by atoms with Crippen LogP contribution in [0.1, 0.15) is 36.8 Å². The molecule has 0 spiro atoms. The maximum atomic E-state index is 4.64. The highest BCUT2D eigenvalue weighted by atomic mass is 15.3. The zero-order chi connectivity index (χ0) is 15.4. The molecule has 6 heteroatoms. The summed E-state index contributed by atoms with van der Waals surface area (Å²) in [6, 6.07) is 2.03. The fraction of sp³-hybridized carbons (Fsp3) is 0.533. The molecule has 2 N–H and O–H groups in total. The van der Waals surface area contributed by atoms with Gasteiger partial charge in [0.05, 0.1) is 0 Å². The number of aryl methyl sites for hydroxylation is 1. The Morgan fingerprint density at radius 3 is 2.52 bits per heavy atom. The van der Waals surface area contributed by atoms with Crippen molar-refractivity contribution in [2.24, 2.45) is 7.05 Å². The number of hydrogen-bond acceptors (Lipinski definition) is 5. The normalized spacial score (nSPS) is 11.0. The molecule has 0 aliphatic rings. The molecule has 0 fully saturated rings. The highest BCUT2D eigenvalue weighted by molar-refractivity contribution is 5.57. The first-order valence-corrected chi connectivity index (χ1v) is 7.30. The highest BCUT2D eigenvalue weighted by Gasteiger charge is 2.12. The summed E-state index contributed by atoms with van der Waals surface area (Å²) in [5, 5.41) is 10.7. The SMILES string of the molecule is CNc1nc(C(C)C)nc(NCCc2ccnn2C)c1C. The van der Waals surface area contributed by atoms with Crippen LogP contribution in [0.5, 0.6) is 0 Å². The lowest BCUT2D eigenvalue weighted by molar-refractivity contribution is 0.710. The molecule has 0 saturated carbocycles. The van der Waals surface area contributed by atoms with Gasteiger partial charge in [0.25, 0.3) is 0 Å². The molecule has 0 atom stereocenters. The van der Waals surface area contributed by atoms with E-state index in [-0.39, 0.29) is 0 Å². The van der Waals surface area contributed by atoms with Crippen molar-refractivity contribution in [3.8, 4) is 0 Å². The molecule has 0 saturated heterocycles. The Bertz CT molecular complexity index is 602. The zero-order valence-corrected chi connectivity index (χ0v) is 13.4. The summed E-state index contributed by atoms with van der Waals surface area (Å²) in [5.41, 5.74) is 2.25. The molecule has 0 aliphatic carbocycles. The maximum absolute atomic E-state index is 4.64. The van der Waals surface area contributed by atoms with Crippen LogP contribution in [-0.4, -0.2) is 33.3 Å². The first-order chi connectivity index (χ1) is 10.0. The van der Waals surface area contributed by atoms with Gasteiger partial charge in [-0.15, -0.1) is 0 Å². The Labute approximate surface area is 126 Å². The lowest BCUT2D eigenvalue weighted by Crippen LogP contribution is -2.13. The van der Waals surface area contributed by atoms with E-state index >= 15 is 0 Å². The summed E-state index contributed by atoms with van der Waals surface area (Å²) < 4.78 is 1.90. The van der Waals surface area contributed by atoms with Gasteiger partial charge in [-0.3, -0.25) is 4.68 Å². The van der Waals surface area contributed by atoms with Gasteiger partial charge < -0.3 is 10.6 Å². The number of hydrogen-bond donors (Lipinski definition) is 2. The molecule has 0 radical (unpaired) electrons. The Kier molecular flexibility index (Phi) is 4.77. The van der Waals surface area contributed by atoms with Crippen molar-refractivity contribution in [2.45, 2.75) is 33.1 Å². The fourth-order valence-corrected chi connectivity index (χ4v) is 2.16. The Hall–Kier alpha value is -2.11. The van der Waals surface area contributed by atoms with Crippen LogP contribution in [0.3, 0.4) is 0 Å². The van der Waals surface area contributed by atoms with Crippen molar-refractivity contribution in [2.75, 3.05) is 24.2 Å². The third-order valence-electron chi connectivity index (χ3n) is 3.51. The van der Waals surface area contributed by atoms with Crippen LogP contribution >= 0.6 is 0 Å². The molecule has 2 heterocycles. The smallest absolute Gasteiger partial charge is 0.135 e. The minimum atomic E-state index is 0.301. The Balaban J connectivity index is 2.11.